The number of carbonyl (C=O) groups excluding carboxylic acids is 2. The number of rotatable bonds is 13. The fourth-order valence-electron chi connectivity index (χ4n) is 4.01. The van der Waals surface area contributed by atoms with Gasteiger partial charge in [-0.3, -0.25) is 14.6 Å². The van der Waals surface area contributed by atoms with Gasteiger partial charge >= 0.3 is 5.97 Å². The number of guanidine groups is 1. The quantitative estimate of drug-likeness (QED) is 0.157. The highest BCUT2D eigenvalue weighted by molar-refractivity contribution is 5.92. The second-order valence-corrected chi connectivity index (χ2v) is 9.08. The Morgan fingerprint density at radius 2 is 1.88 bits per heavy atom. The number of carboxylic acid groups (broad SMARTS) is 1. The lowest BCUT2D eigenvalue weighted by atomic mass is 10.0. The molecule has 1 aliphatic heterocycles. The van der Waals surface area contributed by atoms with E-state index in [1.807, 2.05) is 30.3 Å². The summed E-state index contributed by atoms with van der Waals surface area (Å²) in [6.45, 7) is 5.56. The van der Waals surface area contributed by atoms with Crippen molar-refractivity contribution in [3.63, 3.8) is 0 Å². The molecule has 2 amide bonds. The summed E-state index contributed by atoms with van der Waals surface area (Å²) in [6, 6.07) is 7.53. The van der Waals surface area contributed by atoms with Crippen molar-refractivity contribution in [2.75, 3.05) is 19.6 Å². The molecule has 1 heterocycles. The number of nitrogens with one attached hydrogen (secondary N) is 2. The van der Waals surface area contributed by atoms with E-state index in [0.717, 1.165) is 5.56 Å². The van der Waals surface area contributed by atoms with Crippen LogP contribution in [0.3, 0.4) is 0 Å². The average molecular weight is 475 g/mol. The van der Waals surface area contributed by atoms with Crippen LogP contribution in [0.15, 0.2) is 35.3 Å². The minimum atomic E-state index is -1.13. The van der Waals surface area contributed by atoms with Gasteiger partial charge in [0.05, 0.1) is 6.04 Å². The third kappa shape index (κ3) is 8.66. The molecule has 2 rings (SSSR count). The molecule has 1 saturated heterocycles. The fourth-order valence-corrected chi connectivity index (χ4v) is 4.01. The van der Waals surface area contributed by atoms with Gasteiger partial charge in [-0.25, -0.2) is 4.79 Å². The molecule has 1 aromatic carbocycles. The zero-order valence-corrected chi connectivity index (χ0v) is 20.1. The average Bonchev–Trinajstić information content (AvgIpc) is 3.28. The molecule has 188 valence electrons. The van der Waals surface area contributed by atoms with Crippen LogP contribution in [0, 0.1) is 5.92 Å². The van der Waals surface area contributed by atoms with Crippen molar-refractivity contribution in [2.45, 2.75) is 64.1 Å². The van der Waals surface area contributed by atoms with E-state index < -0.39 is 30.0 Å². The molecule has 0 saturated carbocycles. The maximum Gasteiger partial charge on any atom is 0.326 e. The Labute approximate surface area is 201 Å². The smallest absolute Gasteiger partial charge is 0.326 e. The first-order valence-corrected chi connectivity index (χ1v) is 11.9. The summed E-state index contributed by atoms with van der Waals surface area (Å²) in [6.07, 6.45) is 2.29. The zero-order valence-electron chi connectivity index (χ0n) is 20.1. The number of hydrogen-bond donors (Lipinski definition) is 5. The van der Waals surface area contributed by atoms with Crippen molar-refractivity contribution in [3.05, 3.63) is 35.9 Å². The molecule has 3 atom stereocenters. The van der Waals surface area contributed by atoms with Gasteiger partial charge in [0.2, 0.25) is 11.8 Å². The molecule has 0 unspecified atom stereocenters. The van der Waals surface area contributed by atoms with Gasteiger partial charge in [0.1, 0.15) is 12.1 Å². The Kier molecular flexibility index (Phi) is 10.8. The third-order valence-corrected chi connectivity index (χ3v) is 5.75. The van der Waals surface area contributed by atoms with Crippen molar-refractivity contribution in [3.8, 4) is 0 Å². The topological polar surface area (TPSA) is 163 Å². The van der Waals surface area contributed by atoms with Crippen LogP contribution in [-0.2, 0) is 20.8 Å². The molecule has 0 spiro atoms. The molecule has 0 aliphatic carbocycles. The summed E-state index contributed by atoms with van der Waals surface area (Å²) < 4.78 is 0. The minimum Gasteiger partial charge on any atom is -0.480 e. The summed E-state index contributed by atoms with van der Waals surface area (Å²) in [4.78, 5) is 43.6. The maximum atomic E-state index is 13.5. The first-order valence-electron chi connectivity index (χ1n) is 11.9. The molecular weight excluding hydrogens is 436 g/mol. The van der Waals surface area contributed by atoms with Gasteiger partial charge in [-0.2, -0.15) is 0 Å². The van der Waals surface area contributed by atoms with Crippen LogP contribution in [0.1, 0.15) is 45.1 Å². The molecule has 0 radical (unpaired) electrons. The second-order valence-electron chi connectivity index (χ2n) is 9.08. The number of amides is 2. The van der Waals surface area contributed by atoms with E-state index in [0.29, 0.717) is 44.7 Å². The molecule has 34 heavy (non-hydrogen) atoms. The summed E-state index contributed by atoms with van der Waals surface area (Å²) in [5.74, 6) is -1.41. The van der Waals surface area contributed by atoms with E-state index >= 15 is 0 Å². The molecule has 10 nitrogen and oxygen atoms in total. The maximum absolute atomic E-state index is 13.5. The van der Waals surface area contributed by atoms with Gasteiger partial charge in [-0.15, -0.1) is 0 Å². The van der Waals surface area contributed by atoms with Crippen molar-refractivity contribution in [1.29, 1.82) is 0 Å². The molecular formula is C24H38N6O4. The standard InChI is InChI=1S/C24H38N6O4/c1-16(2)15-28-19(14-17-8-4-3-5-9-17)22(32)30-13-7-11-20(30)21(31)29-18(23(33)34)10-6-12-27-24(25)26/h3-5,8-9,16,18-20,28H,6-7,10-15H2,1-2H3,(H,29,31)(H,33,34)(H4,25,26,27)/t18-,19+,20-/m0/s1. The normalized spacial score (nSPS) is 17.3. The summed E-state index contributed by atoms with van der Waals surface area (Å²) in [5.41, 5.74) is 11.6. The zero-order chi connectivity index (χ0) is 25.1. The van der Waals surface area contributed by atoms with Gasteiger partial charge in [0, 0.05) is 13.1 Å². The third-order valence-electron chi connectivity index (χ3n) is 5.75. The van der Waals surface area contributed by atoms with Gasteiger partial charge in [0.15, 0.2) is 5.96 Å². The van der Waals surface area contributed by atoms with E-state index in [-0.39, 0.29) is 24.8 Å². The number of benzene rings is 1. The number of nitrogens with two attached hydrogens (primary N) is 2. The molecule has 1 fully saturated rings. The van der Waals surface area contributed by atoms with Crippen LogP contribution >= 0.6 is 0 Å². The molecule has 10 heteroatoms. The molecule has 1 aliphatic rings. The Morgan fingerprint density at radius 1 is 1.18 bits per heavy atom. The van der Waals surface area contributed by atoms with Gasteiger partial charge in [-0.1, -0.05) is 44.2 Å². The fraction of sp³-hybridized carbons (Fsp3) is 0.583. The van der Waals surface area contributed by atoms with Crippen LogP contribution < -0.4 is 22.1 Å². The van der Waals surface area contributed by atoms with Crippen molar-refractivity contribution in [1.82, 2.24) is 15.5 Å². The van der Waals surface area contributed by atoms with Crippen LogP contribution in [0.5, 0.6) is 0 Å². The van der Waals surface area contributed by atoms with Crippen molar-refractivity contribution in [2.24, 2.45) is 22.4 Å². The lowest BCUT2D eigenvalue weighted by molar-refractivity contribution is -0.144. The van der Waals surface area contributed by atoms with Crippen LogP contribution in [0.4, 0.5) is 0 Å². The highest BCUT2D eigenvalue weighted by Gasteiger charge is 2.38. The lowest BCUT2D eigenvalue weighted by Gasteiger charge is -2.30. The van der Waals surface area contributed by atoms with Crippen LogP contribution in [0.25, 0.3) is 0 Å². The Hall–Kier alpha value is -3.14. The van der Waals surface area contributed by atoms with Crippen molar-refractivity contribution >= 4 is 23.7 Å². The highest BCUT2D eigenvalue weighted by Crippen LogP contribution is 2.20. The van der Waals surface area contributed by atoms with E-state index in [1.54, 1.807) is 4.90 Å². The largest absolute Gasteiger partial charge is 0.480 e. The summed E-state index contributed by atoms with van der Waals surface area (Å²) in [7, 11) is 0. The number of carboxylic acids is 1. The van der Waals surface area contributed by atoms with Gasteiger partial charge in [-0.05, 0) is 50.1 Å². The molecule has 1 aromatic rings. The van der Waals surface area contributed by atoms with Crippen LogP contribution in [0.2, 0.25) is 0 Å². The Balaban J connectivity index is 2.06. The molecule has 7 N–H and O–H groups in total. The number of nitrogens with zero attached hydrogens (tertiary/aromatic N) is 2. The van der Waals surface area contributed by atoms with E-state index in [9.17, 15) is 19.5 Å². The minimum absolute atomic E-state index is 0.0628. The molecule has 0 bridgehead atoms. The summed E-state index contributed by atoms with van der Waals surface area (Å²) >= 11 is 0. The predicted molar refractivity (Wildman–Crippen MR) is 131 cm³/mol. The van der Waals surface area contributed by atoms with Crippen molar-refractivity contribution < 1.29 is 19.5 Å². The first-order chi connectivity index (χ1) is 16.2. The monoisotopic (exact) mass is 474 g/mol. The second kappa shape index (κ2) is 13.5. The number of hydrogen-bond acceptors (Lipinski definition) is 5. The number of carbonyl (C=O) groups is 3. The van der Waals surface area contributed by atoms with Crippen LogP contribution in [-0.4, -0.2) is 71.5 Å². The van der Waals surface area contributed by atoms with E-state index in [1.165, 1.54) is 0 Å². The van der Waals surface area contributed by atoms with E-state index in [4.69, 9.17) is 11.5 Å². The summed E-state index contributed by atoms with van der Waals surface area (Å²) in [5, 5.41) is 15.5. The Bertz CT molecular complexity index is 841. The van der Waals surface area contributed by atoms with Gasteiger partial charge < -0.3 is 32.1 Å². The lowest BCUT2D eigenvalue weighted by Crippen LogP contribution is -2.55. The van der Waals surface area contributed by atoms with E-state index in [2.05, 4.69) is 29.5 Å². The van der Waals surface area contributed by atoms with Gasteiger partial charge in [0.25, 0.3) is 0 Å². The predicted octanol–water partition coefficient (Wildman–Crippen LogP) is 0.457. The molecule has 0 aromatic heterocycles. The first kappa shape index (κ1) is 27.1. The number of aliphatic imine (C=N–C) groups is 1. The number of likely N-dealkylation sites (tertiary alicyclic amines) is 1. The Morgan fingerprint density at radius 3 is 2.50 bits per heavy atom. The number of aliphatic carboxylic acids is 1. The highest BCUT2D eigenvalue weighted by atomic mass is 16.4. The SMILES string of the molecule is CC(C)CN[C@H](Cc1ccccc1)C(=O)N1CCC[C@H]1C(=O)N[C@@H](CCCN=C(N)N)C(=O)O.